The highest BCUT2D eigenvalue weighted by atomic mass is 19.1. The Kier molecular flexibility index (Phi) is 6.31. The molecule has 1 aliphatic heterocycles. The Bertz CT molecular complexity index is 854. The normalized spacial score (nSPS) is 17.2. The van der Waals surface area contributed by atoms with Gasteiger partial charge in [0.1, 0.15) is 24.6 Å². The number of rotatable bonds is 6. The highest BCUT2D eigenvalue weighted by molar-refractivity contribution is 5.95. The number of aromatic nitrogens is 1. The maximum Gasteiger partial charge on any atom is 0.268 e. The number of hydrogen-bond donors (Lipinski definition) is 2. The summed E-state index contributed by atoms with van der Waals surface area (Å²) in [5.41, 5.74) is 5.52. The van der Waals surface area contributed by atoms with Gasteiger partial charge in [0.25, 0.3) is 5.91 Å². The number of morpholine rings is 1. The Morgan fingerprint density at radius 1 is 1.17 bits per heavy atom. The van der Waals surface area contributed by atoms with Gasteiger partial charge in [-0.15, -0.1) is 0 Å². The van der Waals surface area contributed by atoms with Crippen molar-refractivity contribution in [2.24, 2.45) is 0 Å². The summed E-state index contributed by atoms with van der Waals surface area (Å²) in [5.74, 6) is -0.227. The van der Waals surface area contributed by atoms with Crippen LogP contribution in [0, 0.1) is 12.7 Å². The minimum Gasteiger partial charge on any atom is -0.370 e. The molecule has 0 atom stereocenters. The standard InChI is InChI=1S/C23H30FN3O2/c1-17-20-4-2-3-5-21(20)27(16-18-6-8-19(24)9-7-18)22(17)23(28)25-10-11-26-12-14-29-15-13-26/h6-9H,2-5,10-16H2,1H3,(H,25,28)/p+1. The number of nitrogens with one attached hydrogen (secondary N) is 2. The van der Waals surface area contributed by atoms with Gasteiger partial charge in [0, 0.05) is 12.2 Å². The van der Waals surface area contributed by atoms with Crippen molar-refractivity contribution < 1.29 is 18.8 Å². The van der Waals surface area contributed by atoms with Crippen LogP contribution >= 0.6 is 0 Å². The van der Waals surface area contributed by atoms with Gasteiger partial charge >= 0.3 is 0 Å². The summed E-state index contributed by atoms with van der Waals surface area (Å²) in [6, 6.07) is 6.60. The van der Waals surface area contributed by atoms with E-state index in [0.717, 1.165) is 68.9 Å². The molecule has 0 saturated carbocycles. The summed E-state index contributed by atoms with van der Waals surface area (Å²) in [6.07, 6.45) is 4.37. The molecule has 0 unspecified atom stereocenters. The van der Waals surface area contributed by atoms with Gasteiger partial charge in [0.15, 0.2) is 0 Å². The van der Waals surface area contributed by atoms with Crippen molar-refractivity contribution in [3.05, 3.63) is 58.2 Å². The molecule has 1 aliphatic carbocycles. The van der Waals surface area contributed by atoms with Crippen molar-refractivity contribution in [2.75, 3.05) is 39.4 Å². The van der Waals surface area contributed by atoms with Crippen LogP contribution in [0.2, 0.25) is 0 Å². The molecule has 0 bridgehead atoms. The van der Waals surface area contributed by atoms with Crippen LogP contribution in [0.1, 0.15) is 45.7 Å². The van der Waals surface area contributed by atoms with E-state index in [1.807, 2.05) is 12.1 Å². The van der Waals surface area contributed by atoms with Crippen molar-refractivity contribution in [2.45, 2.75) is 39.2 Å². The van der Waals surface area contributed by atoms with Gasteiger partial charge in [-0.25, -0.2) is 4.39 Å². The Hall–Kier alpha value is -2.18. The summed E-state index contributed by atoms with van der Waals surface area (Å²) >= 11 is 0. The SMILES string of the molecule is Cc1c2c(n(Cc3ccc(F)cc3)c1C(=O)NCC[NH+]1CCOCC1)CCCC2. The van der Waals surface area contributed by atoms with Crippen LogP contribution < -0.4 is 10.2 Å². The molecule has 5 nitrogen and oxygen atoms in total. The number of benzene rings is 1. The minimum atomic E-state index is -0.233. The van der Waals surface area contributed by atoms with Crippen LogP contribution in [0.25, 0.3) is 0 Å². The number of ether oxygens (including phenoxy) is 1. The van der Waals surface area contributed by atoms with Crippen molar-refractivity contribution >= 4 is 5.91 Å². The Balaban J connectivity index is 1.53. The van der Waals surface area contributed by atoms with Gasteiger partial charge in [0.05, 0.1) is 26.3 Å². The second-order valence-corrected chi connectivity index (χ2v) is 8.19. The molecule has 2 heterocycles. The molecule has 29 heavy (non-hydrogen) atoms. The topological polar surface area (TPSA) is 47.7 Å². The quantitative estimate of drug-likeness (QED) is 0.772. The largest absolute Gasteiger partial charge is 0.370 e. The lowest BCUT2D eigenvalue weighted by molar-refractivity contribution is -0.906. The third kappa shape index (κ3) is 4.54. The lowest BCUT2D eigenvalue weighted by Crippen LogP contribution is -3.14. The molecule has 1 aromatic heterocycles. The number of carbonyl (C=O) groups excluding carboxylic acids is 1. The fourth-order valence-corrected chi connectivity index (χ4v) is 4.66. The molecular weight excluding hydrogens is 369 g/mol. The van der Waals surface area contributed by atoms with Crippen LogP contribution in [-0.2, 0) is 24.1 Å². The lowest BCUT2D eigenvalue weighted by Gasteiger charge is -2.23. The summed E-state index contributed by atoms with van der Waals surface area (Å²) < 4.78 is 20.9. The third-order valence-electron chi connectivity index (χ3n) is 6.28. The summed E-state index contributed by atoms with van der Waals surface area (Å²) in [6.45, 7) is 7.88. The number of nitrogens with zero attached hydrogens (tertiary/aromatic N) is 1. The number of hydrogen-bond acceptors (Lipinski definition) is 2. The molecule has 156 valence electrons. The van der Waals surface area contributed by atoms with E-state index < -0.39 is 0 Å². The Morgan fingerprint density at radius 2 is 1.90 bits per heavy atom. The lowest BCUT2D eigenvalue weighted by atomic mass is 9.95. The fraction of sp³-hybridized carbons (Fsp3) is 0.522. The molecule has 1 aromatic carbocycles. The monoisotopic (exact) mass is 400 g/mol. The Morgan fingerprint density at radius 3 is 2.66 bits per heavy atom. The first kappa shape index (κ1) is 20.1. The fourth-order valence-electron chi connectivity index (χ4n) is 4.66. The van der Waals surface area contributed by atoms with Crippen molar-refractivity contribution in [3.63, 3.8) is 0 Å². The third-order valence-corrected chi connectivity index (χ3v) is 6.28. The first-order chi connectivity index (χ1) is 14.1. The smallest absolute Gasteiger partial charge is 0.268 e. The highest BCUT2D eigenvalue weighted by Gasteiger charge is 2.26. The van der Waals surface area contributed by atoms with Gasteiger partial charge in [-0.05, 0) is 61.4 Å². The molecule has 0 spiro atoms. The van der Waals surface area contributed by atoms with E-state index in [1.165, 1.54) is 34.7 Å². The van der Waals surface area contributed by atoms with E-state index in [0.29, 0.717) is 13.1 Å². The van der Waals surface area contributed by atoms with Crippen LogP contribution in [0.3, 0.4) is 0 Å². The maximum atomic E-state index is 13.3. The molecule has 2 aliphatic rings. The summed E-state index contributed by atoms with van der Waals surface area (Å²) in [5, 5.41) is 3.15. The van der Waals surface area contributed by atoms with Crippen molar-refractivity contribution in [3.8, 4) is 0 Å². The minimum absolute atomic E-state index is 0.00618. The first-order valence-electron chi connectivity index (χ1n) is 10.8. The molecule has 2 N–H and O–H groups in total. The summed E-state index contributed by atoms with van der Waals surface area (Å²) in [7, 11) is 0. The van der Waals surface area contributed by atoms with Gasteiger partial charge in [-0.1, -0.05) is 12.1 Å². The molecule has 0 radical (unpaired) electrons. The van der Waals surface area contributed by atoms with E-state index in [-0.39, 0.29) is 11.7 Å². The molecule has 2 aromatic rings. The van der Waals surface area contributed by atoms with E-state index in [9.17, 15) is 9.18 Å². The highest BCUT2D eigenvalue weighted by Crippen LogP contribution is 2.30. The van der Waals surface area contributed by atoms with Gasteiger partial charge in [-0.3, -0.25) is 4.79 Å². The zero-order valence-corrected chi connectivity index (χ0v) is 17.2. The molecule has 1 amide bonds. The van der Waals surface area contributed by atoms with Gasteiger partial charge in [-0.2, -0.15) is 0 Å². The molecular formula is C23H31FN3O2+. The number of carbonyl (C=O) groups is 1. The predicted molar refractivity (Wildman–Crippen MR) is 110 cm³/mol. The van der Waals surface area contributed by atoms with Crippen LogP contribution in [0.5, 0.6) is 0 Å². The van der Waals surface area contributed by atoms with Crippen LogP contribution in [0.4, 0.5) is 4.39 Å². The van der Waals surface area contributed by atoms with Gasteiger partial charge in [0.2, 0.25) is 0 Å². The second-order valence-electron chi connectivity index (χ2n) is 8.19. The zero-order valence-electron chi connectivity index (χ0n) is 17.2. The number of quaternary nitrogens is 1. The van der Waals surface area contributed by atoms with E-state index in [2.05, 4.69) is 16.8 Å². The van der Waals surface area contributed by atoms with Crippen molar-refractivity contribution in [1.29, 1.82) is 0 Å². The van der Waals surface area contributed by atoms with E-state index in [4.69, 9.17) is 4.74 Å². The number of fused-ring (bicyclic) bond motifs is 1. The van der Waals surface area contributed by atoms with Crippen LogP contribution in [0.15, 0.2) is 24.3 Å². The molecule has 1 saturated heterocycles. The number of amides is 1. The molecule has 1 fully saturated rings. The maximum absolute atomic E-state index is 13.3. The molecule has 6 heteroatoms. The average Bonchev–Trinajstić information content (AvgIpc) is 3.02. The second kappa shape index (κ2) is 9.09. The summed E-state index contributed by atoms with van der Waals surface area (Å²) in [4.78, 5) is 14.6. The number of halogens is 1. The van der Waals surface area contributed by atoms with E-state index in [1.54, 1.807) is 0 Å². The van der Waals surface area contributed by atoms with Crippen molar-refractivity contribution in [1.82, 2.24) is 9.88 Å². The van der Waals surface area contributed by atoms with Crippen LogP contribution in [-0.4, -0.2) is 49.9 Å². The Labute approximate surface area is 171 Å². The van der Waals surface area contributed by atoms with Gasteiger partial charge < -0.3 is 19.5 Å². The zero-order chi connectivity index (χ0) is 20.2. The predicted octanol–water partition coefficient (Wildman–Crippen LogP) is 1.51. The van der Waals surface area contributed by atoms with E-state index >= 15 is 0 Å². The average molecular weight is 401 g/mol. The molecule has 4 rings (SSSR count). The first-order valence-corrected chi connectivity index (χ1v) is 10.8.